The first kappa shape index (κ1) is 21.3. The molecular formula is C18H20ClN3O6S. The van der Waals surface area contributed by atoms with E-state index in [1.165, 1.54) is 23.5 Å². The van der Waals surface area contributed by atoms with Crippen LogP contribution in [0.2, 0.25) is 5.02 Å². The van der Waals surface area contributed by atoms with Crippen molar-refractivity contribution in [2.75, 3.05) is 38.7 Å². The average molecular weight is 442 g/mol. The van der Waals surface area contributed by atoms with Crippen molar-refractivity contribution in [2.45, 2.75) is 11.8 Å². The fourth-order valence-electron chi connectivity index (χ4n) is 2.94. The molecule has 1 heterocycles. The summed E-state index contributed by atoms with van der Waals surface area (Å²) in [4.78, 5) is 10.9. The van der Waals surface area contributed by atoms with Crippen LogP contribution in [0.25, 0.3) is 0 Å². The predicted molar refractivity (Wildman–Crippen MR) is 109 cm³/mol. The molecule has 1 N–H and O–H groups in total. The number of anilines is 2. The number of methoxy groups -OCH3 is 1. The van der Waals surface area contributed by atoms with E-state index in [-0.39, 0.29) is 42.6 Å². The average Bonchev–Trinajstić information content (AvgIpc) is 2.71. The summed E-state index contributed by atoms with van der Waals surface area (Å²) in [6.07, 6.45) is 0. The van der Waals surface area contributed by atoms with E-state index in [0.717, 1.165) is 11.6 Å². The number of hydrogen-bond acceptors (Lipinski definition) is 7. The standard InChI is InChI=1S/C18H20ClN3O6S/c1-12-9-16(18(27-2)11-14(12)19)20-15-4-3-13(10-17(15)22(23)24)29(25,26)21-5-7-28-8-6-21/h3-4,9-11,20H,5-8H2,1-2H3. The minimum absolute atomic E-state index is 0.135. The third-order valence-corrected chi connectivity index (χ3v) is 6.83. The molecule has 1 aliphatic rings. The monoisotopic (exact) mass is 441 g/mol. The van der Waals surface area contributed by atoms with Crippen LogP contribution in [0.4, 0.5) is 17.1 Å². The second-order valence-corrected chi connectivity index (χ2v) is 8.72. The highest BCUT2D eigenvalue weighted by Gasteiger charge is 2.29. The van der Waals surface area contributed by atoms with Crippen molar-refractivity contribution < 1.29 is 22.8 Å². The number of nitrogens with zero attached hydrogens (tertiary/aromatic N) is 2. The molecule has 0 bridgehead atoms. The maximum atomic E-state index is 12.8. The highest BCUT2D eigenvalue weighted by atomic mass is 35.5. The first-order valence-corrected chi connectivity index (χ1v) is 10.5. The molecule has 0 saturated carbocycles. The van der Waals surface area contributed by atoms with Gasteiger partial charge in [0.2, 0.25) is 10.0 Å². The molecule has 9 nitrogen and oxygen atoms in total. The number of morpholine rings is 1. The van der Waals surface area contributed by atoms with Crippen molar-refractivity contribution in [3.05, 3.63) is 51.0 Å². The number of benzene rings is 2. The zero-order chi connectivity index (χ0) is 21.2. The van der Waals surface area contributed by atoms with E-state index < -0.39 is 14.9 Å². The Kier molecular flexibility index (Phi) is 6.27. The molecule has 11 heteroatoms. The molecule has 0 radical (unpaired) electrons. The molecule has 1 saturated heterocycles. The van der Waals surface area contributed by atoms with Crippen LogP contribution in [0.15, 0.2) is 35.2 Å². The second kappa shape index (κ2) is 8.54. The Bertz CT molecular complexity index is 1040. The summed E-state index contributed by atoms with van der Waals surface area (Å²) in [5, 5.41) is 15.1. The van der Waals surface area contributed by atoms with Crippen molar-refractivity contribution in [1.29, 1.82) is 0 Å². The molecule has 2 aromatic carbocycles. The number of nitrogens with one attached hydrogen (secondary N) is 1. The van der Waals surface area contributed by atoms with E-state index in [4.69, 9.17) is 21.1 Å². The summed E-state index contributed by atoms with van der Waals surface area (Å²) in [5.41, 5.74) is 0.996. The van der Waals surface area contributed by atoms with E-state index in [9.17, 15) is 18.5 Å². The van der Waals surface area contributed by atoms with Crippen LogP contribution in [-0.2, 0) is 14.8 Å². The molecule has 29 heavy (non-hydrogen) atoms. The molecule has 0 aromatic heterocycles. The number of nitro groups is 1. The number of rotatable bonds is 6. The summed E-state index contributed by atoms with van der Waals surface area (Å²) in [7, 11) is -2.40. The van der Waals surface area contributed by atoms with Crippen molar-refractivity contribution in [2.24, 2.45) is 0 Å². The van der Waals surface area contributed by atoms with Gasteiger partial charge in [0, 0.05) is 30.2 Å². The SMILES string of the molecule is COc1cc(Cl)c(C)cc1Nc1ccc(S(=O)(=O)N2CCOCC2)cc1[N+](=O)[O-]. The molecule has 156 valence electrons. The van der Waals surface area contributed by atoms with E-state index in [1.807, 2.05) is 0 Å². The van der Waals surface area contributed by atoms with E-state index in [1.54, 1.807) is 19.1 Å². The zero-order valence-corrected chi connectivity index (χ0v) is 17.4. The number of sulfonamides is 1. The lowest BCUT2D eigenvalue weighted by Gasteiger charge is -2.26. The Morgan fingerprint density at radius 1 is 1.21 bits per heavy atom. The fourth-order valence-corrected chi connectivity index (χ4v) is 4.52. The molecule has 0 aliphatic carbocycles. The lowest BCUT2D eigenvalue weighted by Crippen LogP contribution is -2.40. The van der Waals surface area contributed by atoms with Gasteiger partial charge in [-0.3, -0.25) is 10.1 Å². The molecule has 3 rings (SSSR count). The van der Waals surface area contributed by atoms with E-state index >= 15 is 0 Å². The molecule has 0 unspecified atom stereocenters. The number of hydrogen-bond donors (Lipinski definition) is 1. The van der Waals surface area contributed by atoms with Gasteiger partial charge in [0.25, 0.3) is 5.69 Å². The number of aryl methyl sites for hydroxylation is 1. The summed E-state index contributed by atoms with van der Waals surface area (Å²) in [6, 6.07) is 7.07. The minimum Gasteiger partial charge on any atom is -0.495 e. The van der Waals surface area contributed by atoms with Gasteiger partial charge in [-0.15, -0.1) is 0 Å². The molecular weight excluding hydrogens is 422 g/mol. The zero-order valence-electron chi connectivity index (χ0n) is 15.8. The highest BCUT2D eigenvalue weighted by molar-refractivity contribution is 7.89. The largest absolute Gasteiger partial charge is 0.495 e. The van der Waals surface area contributed by atoms with Gasteiger partial charge in [0.05, 0.1) is 35.8 Å². The van der Waals surface area contributed by atoms with Gasteiger partial charge in [-0.25, -0.2) is 8.42 Å². The van der Waals surface area contributed by atoms with Crippen LogP contribution < -0.4 is 10.1 Å². The molecule has 1 fully saturated rings. The Balaban J connectivity index is 2.00. The van der Waals surface area contributed by atoms with Crippen LogP contribution in [-0.4, -0.2) is 51.1 Å². The topological polar surface area (TPSA) is 111 Å². The Morgan fingerprint density at radius 3 is 2.52 bits per heavy atom. The van der Waals surface area contributed by atoms with Crippen LogP contribution in [0.1, 0.15) is 5.56 Å². The first-order chi connectivity index (χ1) is 13.7. The Morgan fingerprint density at radius 2 is 1.90 bits per heavy atom. The normalized spacial score (nSPS) is 15.1. The fraction of sp³-hybridized carbons (Fsp3) is 0.333. The molecule has 1 aliphatic heterocycles. The smallest absolute Gasteiger partial charge is 0.294 e. The summed E-state index contributed by atoms with van der Waals surface area (Å²) < 4.78 is 37.3. The van der Waals surface area contributed by atoms with Crippen molar-refractivity contribution in [3.8, 4) is 5.75 Å². The molecule has 0 spiro atoms. The summed E-state index contributed by atoms with van der Waals surface area (Å²) in [6.45, 7) is 2.78. The molecule has 0 atom stereocenters. The minimum atomic E-state index is -3.85. The maximum absolute atomic E-state index is 12.8. The van der Waals surface area contributed by atoms with Gasteiger partial charge in [-0.05, 0) is 30.7 Å². The third kappa shape index (κ3) is 4.45. The van der Waals surface area contributed by atoms with Crippen LogP contribution in [0.5, 0.6) is 5.75 Å². The van der Waals surface area contributed by atoms with Gasteiger partial charge in [0.1, 0.15) is 11.4 Å². The third-order valence-electron chi connectivity index (χ3n) is 4.52. The molecule has 0 amide bonds. The first-order valence-electron chi connectivity index (χ1n) is 8.71. The van der Waals surface area contributed by atoms with Crippen LogP contribution >= 0.6 is 11.6 Å². The predicted octanol–water partition coefficient (Wildman–Crippen LogP) is 3.33. The van der Waals surface area contributed by atoms with Gasteiger partial charge in [-0.2, -0.15) is 4.31 Å². The number of halogens is 1. The summed E-state index contributed by atoms with van der Waals surface area (Å²) >= 11 is 6.10. The number of nitro benzene ring substituents is 1. The second-order valence-electron chi connectivity index (χ2n) is 6.38. The van der Waals surface area contributed by atoms with Crippen molar-refractivity contribution >= 4 is 38.7 Å². The van der Waals surface area contributed by atoms with Crippen molar-refractivity contribution in [3.63, 3.8) is 0 Å². The van der Waals surface area contributed by atoms with E-state index in [2.05, 4.69) is 5.32 Å². The van der Waals surface area contributed by atoms with Gasteiger partial charge < -0.3 is 14.8 Å². The lowest BCUT2D eigenvalue weighted by molar-refractivity contribution is -0.384. The Labute approximate surface area is 173 Å². The number of ether oxygens (including phenoxy) is 2. The van der Waals surface area contributed by atoms with E-state index in [0.29, 0.717) is 16.5 Å². The van der Waals surface area contributed by atoms with Crippen LogP contribution in [0.3, 0.4) is 0 Å². The van der Waals surface area contributed by atoms with Crippen molar-refractivity contribution in [1.82, 2.24) is 4.31 Å². The van der Waals surface area contributed by atoms with Gasteiger partial charge >= 0.3 is 0 Å². The van der Waals surface area contributed by atoms with Crippen LogP contribution in [0, 0.1) is 17.0 Å². The molecule has 2 aromatic rings. The highest BCUT2D eigenvalue weighted by Crippen LogP contribution is 2.37. The lowest BCUT2D eigenvalue weighted by atomic mass is 10.2. The quantitative estimate of drug-likeness (QED) is 0.540. The maximum Gasteiger partial charge on any atom is 0.294 e. The summed E-state index contributed by atoms with van der Waals surface area (Å²) in [5.74, 6) is 0.403. The van der Waals surface area contributed by atoms with Gasteiger partial charge in [-0.1, -0.05) is 11.6 Å². The Hall–Kier alpha value is -2.40. The van der Waals surface area contributed by atoms with Gasteiger partial charge in [0.15, 0.2) is 0 Å².